The lowest BCUT2D eigenvalue weighted by molar-refractivity contribution is 0.0636. The first-order valence-corrected chi connectivity index (χ1v) is 11.2. The van der Waals surface area contributed by atoms with Crippen LogP contribution in [0.4, 0.5) is 14.9 Å². The molecule has 27 heavy (non-hydrogen) atoms. The normalized spacial score (nSPS) is 11.6. The molecule has 1 rings (SSSR count). The van der Waals surface area contributed by atoms with Crippen LogP contribution in [0.1, 0.15) is 26.3 Å². The Bertz CT molecular complexity index is 812. The van der Waals surface area contributed by atoms with Gasteiger partial charge in [-0.2, -0.15) is 9.44 Å². The maximum Gasteiger partial charge on any atom is 0.412 e. The molecule has 1 aromatic rings. The zero-order valence-corrected chi connectivity index (χ0v) is 17.8. The number of methoxy groups -OCH3 is 1. The number of rotatable bonds is 6. The number of hydrogen-bond donors (Lipinski definition) is 2. The first-order chi connectivity index (χ1) is 12.3. The highest BCUT2D eigenvalue weighted by molar-refractivity contribution is 8.22. The van der Waals surface area contributed by atoms with Crippen molar-refractivity contribution >= 4 is 26.9 Å². The Kier molecular flexibility index (Phi) is 7.90. The van der Waals surface area contributed by atoms with Crippen molar-refractivity contribution in [3.05, 3.63) is 23.5 Å². The summed E-state index contributed by atoms with van der Waals surface area (Å²) in [5.74, 6) is -0.677. The van der Waals surface area contributed by atoms with Gasteiger partial charge in [0, 0.05) is 18.7 Å². The molecule has 0 radical (unpaired) electrons. The van der Waals surface area contributed by atoms with Gasteiger partial charge in [-0.05, 0) is 45.6 Å². The predicted octanol–water partition coefficient (Wildman–Crippen LogP) is 4.22. The lowest BCUT2D eigenvalue weighted by Crippen LogP contribution is -2.27. The van der Waals surface area contributed by atoms with E-state index in [4.69, 9.17) is 19.6 Å². The molecule has 0 aliphatic heterocycles. The summed E-state index contributed by atoms with van der Waals surface area (Å²) in [6.45, 7) is 5.67. The first kappa shape index (κ1) is 23.0. The number of carbonyl (C=O) groups is 1. The van der Waals surface area contributed by atoms with Crippen LogP contribution >= 0.6 is 9.44 Å². The van der Waals surface area contributed by atoms with Crippen molar-refractivity contribution in [2.45, 2.75) is 26.4 Å². The second kappa shape index (κ2) is 9.26. The third-order valence-electron chi connectivity index (χ3n) is 2.93. The van der Waals surface area contributed by atoms with Gasteiger partial charge in [0.05, 0.1) is 12.3 Å². The van der Waals surface area contributed by atoms with Gasteiger partial charge in [-0.25, -0.2) is 9.18 Å². The summed E-state index contributed by atoms with van der Waals surface area (Å²) in [6, 6.07) is 2.51. The van der Waals surface area contributed by atoms with Crippen LogP contribution < -0.4 is 10.1 Å². The molecule has 6 nitrogen and oxygen atoms in total. The highest BCUT2D eigenvalue weighted by atomic mass is 32.2. The molecule has 0 bridgehead atoms. The van der Waals surface area contributed by atoms with Gasteiger partial charge in [-0.15, -0.1) is 0 Å². The predicted molar refractivity (Wildman–Crippen MR) is 110 cm³/mol. The van der Waals surface area contributed by atoms with Crippen LogP contribution in [-0.4, -0.2) is 56.5 Å². The van der Waals surface area contributed by atoms with E-state index in [1.807, 2.05) is 18.8 Å². The van der Waals surface area contributed by atoms with Crippen molar-refractivity contribution in [1.29, 1.82) is 5.41 Å². The third-order valence-corrected chi connectivity index (χ3v) is 3.75. The molecule has 0 saturated heterocycles. The molecule has 0 aliphatic rings. The quantitative estimate of drug-likeness (QED) is 0.553. The second-order valence-corrected chi connectivity index (χ2v) is 11.5. The van der Waals surface area contributed by atoms with Crippen LogP contribution in [0.3, 0.4) is 0 Å². The molecule has 2 N–H and O–H groups in total. The zero-order chi connectivity index (χ0) is 20.8. The Labute approximate surface area is 161 Å². The van der Waals surface area contributed by atoms with Gasteiger partial charge in [-0.3, -0.25) is 10.7 Å². The molecule has 1 amide bonds. The maximum absolute atomic E-state index is 14.4. The third kappa shape index (κ3) is 8.47. The molecule has 0 saturated carbocycles. The number of nitrogens with one attached hydrogen (secondary N) is 2. The van der Waals surface area contributed by atoms with Crippen LogP contribution in [-0.2, 0) is 9.47 Å². The largest absolute Gasteiger partial charge is 0.488 e. The Morgan fingerprint density at radius 1 is 1.26 bits per heavy atom. The van der Waals surface area contributed by atoms with Gasteiger partial charge >= 0.3 is 6.09 Å². The molecule has 0 atom stereocenters. The fraction of sp³-hybridized carbons (Fsp3) is 0.526. The van der Waals surface area contributed by atoms with Crippen LogP contribution in [0.5, 0.6) is 5.75 Å². The summed E-state index contributed by atoms with van der Waals surface area (Å²) in [5.41, 5.74) is -0.256. The van der Waals surface area contributed by atoms with Crippen LogP contribution in [0.15, 0.2) is 12.1 Å². The lowest BCUT2D eigenvalue weighted by atomic mass is 10.1. The van der Waals surface area contributed by atoms with Gasteiger partial charge in [0.15, 0.2) is 11.6 Å². The van der Waals surface area contributed by atoms with E-state index in [2.05, 4.69) is 10.5 Å². The Hall–Kier alpha value is -2.02. The molecule has 8 heteroatoms. The second-order valence-electron chi connectivity index (χ2n) is 7.61. The fourth-order valence-corrected chi connectivity index (χ4v) is 2.71. The van der Waals surface area contributed by atoms with Crippen molar-refractivity contribution in [2.75, 3.05) is 44.4 Å². The minimum atomic E-state index is -1.27. The summed E-state index contributed by atoms with van der Waals surface area (Å²) >= 11 is 0. The first-order valence-electron chi connectivity index (χ1n) is 8.32. The summed E-state index contributed by atoms with van der Waals surface area (Å²) in [4.78, 5) is 12.2. The monoisotopic (exact) mass is 400 g/mol. The van der Waals surface area contributed by atoms with Gasteiger partial charge in [0.2, 0.25) is 0 Å². The van der Waals surface area contributed by atoms with Gasteiger partial charge in [0.25, 0.3) is 0 Å². The highest BCUT2D eigenvalue weighted by Gasteiger charge is 2.20. The van der Waals surface area contributed by atoms with E-state index in [1.165, 1.54) is 13.2 Å². The van der Waals surface area contributed by atoms with Gasteiger partial charge in [0.1, 0.15) is 17.9 Å². The van der Waals surface area contributed by atoms with Crippen molar-refractivity contribution < 1.29 is 23.4 Å². The Morgan fingerprint density at radius 2 is 1.89 bits per heavy atom. The number of halogens is 1. The summed E-state index contributed by atoms with van der Waals surface area (Å²) < 4.78 is 29.9. The van der Waals surface area contributed by atoms with Crippen LogP contribution in [0.25, 0.3) is 0 Å². The average molecular weight is 401 g/mol. The molecule has 0 spiro atoms. The SMILES string of the molecule is COCCOc1cc(NC(=O)OC(C)(C)C)c(C(=N)C#S(C)(C)C)cc1F. The molecular weight excluding hydrogens is 371 g/mol. The Balaban J connectivity index is 3.31. The van der Waals surface area contributed by atoms with Gasteiger partial charge in [-0.1, -0.05) is 5.18 Å². The Morgan fingerprint density at radius 3 is 2.41 bits per heavy atom. The topological polar surface area (TPSA) is 80.6 Å². The van der Waals surface area contributed by atoms with Crippen molar-refractivity contribution in [1.82, 2.24) is 0 Å². The minimum Gasteiger partial charge on any atom is -0.488 e. The summed E-state index contributed by atoms with van der Waals surface area (Å²) in [7, 11) is 0.239. The van der Waals surface area contributed by atoms with Crippen LogP contribution in [0.2, 0.25) is 0 Å². The molecule has 0 fully saturated rings. The zero-order valence-electron chi connectivity index (χ0n) is 17.0. The van der Waals surface area contributed by atoms with E-state index < -0.39 is 26.9 Å². The minimum absolute atomic E-state index is 0.00546. The number of amides is 1. The molecule has 0 unspecified atom stereocenters. The van der Waals surface area contributed by atoms with E-state index >= 15 is 0 Å². The fourth-order valence-electron chi connectivity index (χ4n) is 1.98. The van der Waals surface area contributed by atoms with E-state index in [0.717, 1.165) is 6.07 Å². The number of hydrogen-bond acceptors (Lipinski definition) is 5. The van der Waals surface area contributed by atoms with Crippen molar-refractivity contribution in [3.8, 4) is 10.9 Å². The van der Waals surface area contributed by atoms with E-state index in [-0.39, 0.29) is 29.3 Å². The van der Waals surface area contributed by atoms with E-state index in [1.54, 1.807) is 20.8 Å². The van der Waals surface area contributed by atoms with Crippen molar-refractivity contribution in [2.24, 2.45) is 0 Å². The average Bonchev–Trinajstić information content (AvgIpc) is 2.46. The standard InChI is InChI=1S/C19H29FN2O4S/c1-19(2,3)26-18(23)22-16-11-17(25-9-8-24-4)14(20)10-13(16)15(21)12-27(5,6)7/h10-11,21H,8-9H2,1-7H3,(H,22,23). The molecule has 152 valence electrons. The van der Waals surface area contributed by atoms with E-state index in [9.17, 15) is 9.18 Å². The molecular formula is C19H29FN2O4S. The molecule has 0 aromatic heterocycles. The number of benzene rings is 1. The highest BCUT2D eigenvalue weighted by Crippen LogP contribution is 2.28. The summed E-state index contributed by atoms with van der Waals surface area (Å²) in [6.07, 6.45) is 5.18. The number of ether oxygens (including phenoxy) is 3. The van der Waals surface area contributed by atoms with Crippen LogP contribution in [0, 0.1) is 16.4 Å². The summed E-state index contributed by atoms with van der Waals surface area (Å²) in [5, 5.41) is 13.9. The number of carbonyl (C=O) groups excluding carboxylic acids is 1. The van der Waals surface area contributed by atoms with Gasteiger partial charge < -0.3 is 14.2 Å². The van der Waals surface area contributed by atoms with Crippen molar-refractivity contribution in [3.63, 3.8) is 0 Å². The molecule has 1 aromatic carbocycles. The maximum atomic E-state index is 14.4. The lowest BCUT2D eigenvalue weighted by Gasteiger charge is -2.21. The smallest absolute Gasteiger partial charge is 0.412 e. The molecule has 0 heterocycles. The number of anilines is 1. The molecule has 0 aliphatic carbocycles. The van der Waals surface area contributed by atoms with E-state index in [0.29, 0.717) is 6.61 Å².